The van der Waals surface area contributed by atoms with Gasteiger partial charge in [-0.2, -0.15) is 0 Å². The third-order valence-corrected chi connectivity index (χ3v) is 2.38. The number of unbranched alkanes of at least 4 members (excludes halogenated alkanes) is 2. The van der Waals surface area contributed by atoms with Crippen LogP contribution in [-0.4, -0.2) is 36.0 Å². The van der Waals surface area contributed by atoms with Gasteiger partial charge in [0.2, 0.25) is 0 Å². The number of ether oxygens (including phenoxy) is 1. The van der Waals surface area contributed by atoms with E-state index < -0.39 is 0 Å². The van der Waals surface area contributed by atoms with Gasteiger partial charge >= 0.3 is 5.97 Å². The molecule has 92 valence electrons. The molecule has 16 heavy (non-hydrogen) atoms. The van der Waals surface area contributed by atoms with E-state index in [4.69, 9.17) is 4.74 Å². The van der Waals surface area contributed by atoms with Crippen LogP contribution in [0.3, 0.4) is 0 Å². The molecule has 0 aromatic carbocycles. The molecular weight excluding hydrogens is 307 g/mol. The molecule has 0 saturated carbocycles. The van der Waals surface area contributed by atoms with E-state index >= 15 is 0 Å². The first-order valence-electron chi connectivity index (χ1n) is 5.98. The Kier molecular flexibility index (Phi) is 13.2. The summed E-state index contributed by atoms with van der Waals surface area (Å²) < 4.78 is 5.38. The van der Waals surface area contributed by atoms with Crippen molar-refractivity contribution in [2.24, 2.45) is 0 Å². The van der Waals surface area contributed by atoms with E-state index in [-0.39, 0.29) is 36.0 Å². The van der Waals surface area contributed by atoms with Crippen molar-refractivity contribution >= 4 is 29.9 Å². The van der Waals surface area contributed by atoms with Gasteiger partial charge in [-0.3, -0.25) is 0 Å². The summed E-state index contributed by atoms with van der Waals surface area (Å²) in [4.78, 5) is 11.4. The van der Waals surface area contributed by atoms with Gasteiger partial charge in [0, 0.05) is 29.5 Å². The van der Waals surface area contributed by atoms with Crippen molar-refractivity contribution in [3.05, 3.63) is 12.2 Å². The molecule has 2 nitrogen and oxygen atoms in total. The molecule has 4 radical (unpaired) electrons. The second-order valence-corrected chi connectivity index (χ2v) is 4.09. The summed E-state index contributed by atoms with van der Waals surface area (Å²) in [5.74, 6) is -0.243. The van der Waals surface area contributed by atoms with E-state index in [2.05, 4.69) is 20.4 Å². The number of carbonyl (C=O) groups excluding carboxylic acids is 1. The smallest absolute Gasteiger partial charge is 0.333 e. The van der Waals surface area contributed by atoms with E-state index in [1.165, 1.54) is 0 Å². The van der Waals surface area contributed by atoms with Crippen molar-refractivity contribution in [1.29, 1.82) is 0 Å². The summed E-state index contributed by atoms with van der Waals surface area (Å²) in [5, 5.41) is 0. The van der Waals surface area contributed by atoms with E-state index in [0.29, 0.717) is 5.57 Å². The molecule has 0 bridgehead atoms. The molecule has 0 aliphatic rings. The van der Waals surface area contributed by atoms with Gasteiger partial charge in [0.15, 0.2) is 0 Å². The molecular formula is C13H24O2Sn. The van der Waals surface area contributed by atoms with E-state index in [0.717, 1.165) is 38.5 Å². The Morgan fingerprint density at radius 3 is 1.94 bits per heavy atom. The average Bonchev–Trinajstić information content (AvgIpc) is 2.21. The fraction of sp³-hybridized carbons (Fsp3) is 0.769. The monoisotopic (exact) mass is 332 g/mol. The van der Waals surface area contributed by atoms with Gasteiger partial charge < -0.3 is 4.74 Å². The zero-order valence-corrected chi connectivity index (χ0v) is 13.7. The topological polar surface area (TPSA) is 26.3 Å². The van der Waals surface area contributed by atoms with Crippen LogP contribution in [-0.2, 0) is 9.53 Å². The Morgan fingerprint density at radius 1 is 1.19 bits per heavy atom. The molecule has 0 spiro atoms. The van der Waals surface area contributed by atoms with Crippen LogP contribution in [0.25, 0.3) is 0 Å². The number of carbonyl (C=O) groups is 1. The van der Waals surface area contributed by atoms with Crippen molar-refractivity contribution < 1.29 is 9.53 Å². The molecule has 0 aromatic heterocycles. The minimum absolute atomic E-state index is 0. The Morgan fingerprint density at radius 2 is 1.62 bits per heavy atom. The SMILES string of the molecule is C=C(C)C(=O)OC(CCCC)CCCC.[Sn]. The third kappa shape index (κ3) is 9.25. The van der Waals surface area contributed by atoms with Crippen LogP contribution < -0.4 is 0 Å². The van der Waals surface area contributed by atoms with E-state index in [9.17, 15) is 4.79 Å². The molecule has 0 aliphatic carbocycles. The molecule has 0 fully saturated rings. The van der Waals surface area contributed by atoms with Crippen LogP contribution in [0.4, 0.5) is 0 Å². The summed E-state index contributed by atoms with van der Waals surface area (Å²) >= 11 is 0. The van der Waals surface area contributed by atoms with E-state index in [1.54, 1.807) is 6.92 Å². The molecule has 0 aromatic rings. The minimum atomic E-state index is -0.243. The van der Waals surface area contributed by atoms with Crippen molar-refractivity contribution in [1.82, 2.24) is 0 Å². The van der Waals surface area contributed by atoms with Crippen molar-refractivity contribution in [3.63, 3.8) is 0 Å². The average molecular weight is 331 g/mol. The maximum Gasteiger partial charge on any atom is 0.333 e. The summed E-state index contributed by atoms with van der Waals surface area (Å²) in [7, 11) is 0. The number of esters is 1. The summed E-state index contributed by atoms with van der Waals surface area (Å²) in [6.45, 7) is 9.59. The minimum Gasteiger partial charge on any atom is -0.459 e. The standard InChI is InChI=1S/C13H24O2.Sn/c1-5-7-9-12(10-8-6-2)15-13(14)11(3)4;/h12H,3,5-10H2,1-2,4H3;. The fourth-order valence-electron chi connectivity index (χ4n) is 1.38. The third-order valence-electron chi connectivity index (χ3n) is 2.38. The molecule has 0 rings (SSSR count). The Hall–Kier alpha value is 0.00870. The molecule has 0 saturated heterocycles. The zero-order chi connectivity index (χ0) is 11.7. The number of rotatable bonds is 8. The molecule has 3 heteroatoms. The first kappa shape index (κ1) is 18.4. The predicted octanol–water partition coefficient (Wildman–Crippen LogP) is 3.47. The largest absolute Gasteiger partial charge is 0.459 e. The molecule has 0 aliphatic heterocycles. The van der Waals surface area contributed by atoms with Gasteiger partial charge in [-0.25, -0.2) is 4.79 Å². The Labute approximate surface area is 117 Å². The Bertz CT molecular complexity index is 194. The van der Waals surface area contributed by atoms with Crippen molar-refractivity contribution in [2.45, 2.75) is 65.4 Å². The van der Waals surface area contributed by atoms with Gasteiger partial charge in [-0.05, 0) is 19.8 Å². The second-order valence-electron chi connectivity index (χ2n) is 4.09. The van der Waals surface area contributed by atoms with Crippen LogP contribution in [0.5, 0.6) is 0 Å². The predicted molar refractivity (Wildman–Crippen MR) is 69.5 cm³/mol. The van der Waals surface area contributed by atoms with Crippen molar-refractivity contribution in [2.75, 3.05) is 0 Å². The first-order valence-corrected chi connectivity index (χ1v) is 5.98. The van der Waals surface area contributed by atoms with Crippen LogP contribution in [0.1, 0.15) is 59.3 Å². The molecule has 0 heterocycles. The van der Waals surface area contributed by atoms with Crippen LogP contribution in [0, 0.1) is 0 Å². The number of hydrogen-bond donors (Lipinski definition) is 0. The normalized spacial score (nSPS) is 9.75. The molecule has 0 atom stereocenters. The maximum absolute atomic E-state index is 11.4. The molecule has 0 amide bonds. The maximum atomic E-state index is 11.4. The first-order chi connectivity index (χ1) is 7.11. The zero-order valence-electron chi connectivity index (χ0n) is 10.8. The van der Waals surface area contributed by atoms with Gasteiger partial charge in [0.25, 0.3) is 0 Å². The molecule has 0 unspecified atom stereocenters. The second kappa shape index (κ2) is 11.5. The van der Waals surface area contributed by atoms with Gasteiger partial charge in [-0.1, -0.05) is 46.1 Å². The fourth-order valence-corrected chi connectivity index (χ4v) is 1.38. The Balaban J connectivity index is 0. The van der Waals surface area contributed by atoms with Crippen molar-refractivity contribution in [3.8, 4) is 0 Å². The van der Waals surface area contributed by atoms with Crippen LogP contribution in [0.15, 0.2) is 12.2 Å². The van der Waals surface area contributed by atoms with Crippen LogP contribution >= 0.6 is 0 Å². The molecule has 0 N–H and O–H groups in total. The quantitative estimate of drug-likeness (QED) is 0.387. The van der Waals surface area contributed by atoms with E-state index in [1.807, 2.05) is 0 Å². The summed E-state index contributed by atoms with van der Waals surface area (Å²) in [6.07, 6.45) is 6.59. The van der Waals surface area contributed by atoms with Gasteiger partial charge in [-0.15, -0.1) is 0 Å². The summed E-state index contributed by atoms with van der Waals surface area (Å²) in [6, 6.07) is 0. The number of hydrogen-bond acceptors (Lipinski definition) is 2. The van der Waals surface area contributed by atoms with Gasteiger partial charge in [0.05, 0.1) is 0 Å². The summed E-state index contributed by atoms with van der Waals surface area (Å²) in [5.41, 5.74) is 0.494. The van der Waals surface area contributed by atoms with Gasteiger partial charge in [0.1, 0.15) is 6.10 Å². The van der Waals surface area contributed by atoms with Crippen LogP contribution in [0.2, 0.25) is 0 Å².